The van der Waals surface area contributed by atoms with Crippen LogP contribution in [0.4, 0.5) is 13.2 Å². The Kier molecular flexibility index (Phi) is 5.63. The van der Waals surface area contributed by atoms with Crippen molar-refractivity contribution < 1.29 is 27.5 Å². The van der Waals surface area contributed by atoms with Gasteiger partial charge in [0.1, 0.15) is 5.56 Å². The Hall–Kier alpha value is -2.32. The average Bonchev–Trinajstić information content (AvgIpc) is 2.53. The van der Waals surface area contributed by atoms with Crippen LogP contribution in [0.15, 0.2) is 18.3 Å². The van der Waals surface area contributed by atoms with Gasteiger partial charge in [-0.05, 0) is 25.0 Å². The number of ether oxygens (including phenoxy) is 1. The zero-order valence-electron chi connectivity index (χ0n) is 13.1. The molecule has 1 aromatic heterocycles. The zero-order chi connectivity index (χ0) is 17.7. The maximum atomic E-state index is 12.3. The maximum absolute atomic E-state index is 12.3. The van der Waals surface area contributed by atoms with Crippen LogP contribution in [-0.4, -0.2) is 53.6 Å². The fourth-order valence-electron chi connectivity index (χ4n) is 2.43. The molecule has 0 unspecified atom stereocenters. The Labute approximate surface area is 137 Å². The van der Waals surface area contributed by atoms with Crippen molar-refractivity contribution in [2.75, 3.05) is 19.7 Å². The lowest BCUT2D eigenvalue weighted by Crippen LogP contribution is -2.46. The summed E-state index contributed by atoms with van der Waals surface area (Å²) in [5.41, 5.74) is -0.0456. The van der Waals surface area contributed by atoms with Crippen LogP contribution in [0, 0.1) is 0 Å². The molecule has 24 heavy (non-hydrogen) atoms. The van der Waals surface area contributed by atoms with Crippen LogP contribution in [0.5, 0.6) is 5.88 Å². The van der Waals surface area contributed by atoms with Crippen LogP contribution in [-0.2, 0) is 4.79 Å². The molecule has 0 atom stereocenters. The second kappa shape index (κ2) is 7.50. The predicted molar refractivity (Wildman–Crippen MR) is 78.5 cm³/mol. The molecular weight excluding hydrogens is 327 g/mol. The molecule has 9 heteroatoms. The van der Waals surface area contributed by atoms with Gasteiger partial charge in [0.25, 0.3) is 5.91 Å². The first kappa shape index (κ1) is 18.0. The van der Waals surface area contributed by atoms with Gasteiger partial charge in [0.15, 0.2) is 6.61 Å². The normalized spacial score (nSPS) is 15.9. The van der Waals surface area contributed by atoms with E-state index in [1.165, 1.54) is 25.3 Å². The van der Waals surface area contributed by atoms with Gasteiger partial charge in [-0.3, -0.25) is 9.59 Å². The Morgan fingerprint density at radius 3 is 2.62 bits per heavy atom. The van der Waals surface area contributed by atoms with Gasteiger partial charge < -0.3 is 15.0 Å². The predicted octanol–water partition coefficient (Wildman–Crippen LogP) is 1.76. The molecule has 0 radical (unpaired) electrons. The zero-order valence-corrected chi connectivity index (χ0v) is 13.1. The molecule has 1 N–H and O–H groups in total. The number of piperidine rings is 1. The Bertz CT molecular complexity index is 599. The number of nitrogens with zero attached hydrogens (tertiary/aromatic N) is 2. The van der Waals surface area contributed by atoms with Gasteiger partial charge in [0.05, 0.1) is 0 Å². The summed E-state index contributed by atoms with van der Waals surface area (Å²) >= 11 is 0. The van der Waals surface area contributed by atoms with Crippen molar-refractivity contribution in [2.45, 2.75) is 32.0 Å². The molecule has 2 heterocycles. The first-order valence-corrected chi connectivity index (χ1v) is 7.47. The van der Waals surface area contributed by atoms with E-state index in [9.17, 15) is 22.8 Å². The van der Waals surface area contributed by atoms with Crippen molar-refractivity contribution in [3.8, 4) is 5.88 Å². The summed E-state index contributed by atoms with van der Waals surface area (Å²) in [5, 5.41) is 2.75. The fraction of sp³-hybridized carbons (Fsp3) is 0.533. The number of aromatic nitrogens is 1. The molecule has 2 amide bonds. The van der Waals surface area contributed by atoms with Crippen LogP contribution >= 0.6 is 0 Å². The number of pyridine rings is 1. The number of rotatable bonds is 4. The molecule has 6 nitrogen and oxygen atoms in total. The highest BCUT2D eigenvalue weighted by Gasteiger charge is 2.30. The van der Waals surface area contributed by atoms with E-state index in [0.717, 1.165) is 0 Å². The summed E-state index contributed by atoms with van der Waals surface area (Å²) in [4.78, 5) is 28.9. The second-order valence-corrected chi connectivity index (χ2v) is 5.51. The third-order valence-electron chi connectivity index (χ3n) is 3.66. The van der Waals surface area contributed by atoms with Crippen molar-refractivity contribution in [1.82, 2.24) is 15.2 Å². The number of hydrogen-bond donors (Lipinski definition) is 1. The van der Waals surface area contributed by atoms with E-state index in [1.807, 2.05) is 0 Å². The average molecular weight is 345 g/mol. The molecule has 1 aliphatic heterocycles. The summed E-state index contributed by atoms with van der Waals surface area (Å²) in [5.74, 6) is -0.912. The fourth-order valence-corrected chi connectivity index (χ4v) is 2.43. The summed E-state index contributed by atoms with van der Waals surface area (Å²) < 4.78 is 41.4. The van der Waals surface area contributed by atoms with Crippen LogP contribution in [0.25, 0.3) is 0 Å². The number of nitrogens with one attached hydrogen (secondary N) is 1. The molecule has 1 saturated heterocycles. The number of carbonyl (C=O) groups excluding carboxylic acids is 2. The lowest BCUT2D eigenvalue weighted by Gasteiger charge is -2.31. The molecule has 0 aromatic carbocycles. The van der Waals surface area contributed by atoms with Gasteiger partial charge in [-0.25, -0.2) is 4.98 Å². The molecule has 0 spiro atoms. The Balaban J connectivity index is 1.96. The highest BCUT2D eigenvalue weighted by atomic mass is 19.4. The number of carbonyl (C=O) groups is 2. The summed E-state index contributed by atoms with van der Waals surface area (Å²) in [6.07, 6.45) is -2.08. The molecule has 0 aliphatic carbocycles. The van der Waals surface area contributed by atoms with Crippen molar-refractivity contribution in [3.05, 3.63) is 23.9 Å². The van der Waals surface area contributed by atoms with Gasteiger partial charge in [-0.1, -0.05) is 0 Å². The minimum absolute atomic E-state index is 0.0186. The Morgan fingerprint density at radius 2 is 2.04 bits per heavy atom. The number of alkyl halides is 3. The third-order valence-corrected chi connectivity index (χ3v) is 3.66. The van der Waals surface area contributed by atoms with Crippen molar-refractivity contribution in [3.63, 3.8) is 0 Å². The third kappa shape index (κ3) is 5.10. The number of hydrogen-bond acceptors (Lipinski definition) is 4. The molecule has 0 saturated carbocycles. The lowest BCUT2D eigenvalue weighted by molar-refractivity contribution is -0.154. The van der Waals surface area contributed by atoms with Crippen molar-refractivity contribution in [2.24, 2.45) is 0 Å². The summed E-state index contributed by atoms with van der Waals surface area (Å²) in [6.45, 7) is 1.04. The van der Waals surface area contributed by atoms with Crippen molar-refractivity contribution in [1.29, 1.82) is 0 Å². The van der Waals surface area contributed by atoms with Crippen LogP contribution in [0.3, 0.4) is 0 Å². The molecule has 132 valence electrons. The molecule has 2 rings (SSSR count). The van der Waals surface area contributed by atoms with E-state index < -0.39 is 18.7 Å². The first-order chi connectivity index (χ1) is 11.3. The molecule has 1 aromatic rings. The summed E-state index contributed by atoms with van der Waals surface area (Å²) in [6, 6.07) is 2.66. The minimum Gasteiger partial charge on any atom is -0.467 e. The number of likely N-dealkylation sites (tertiary alicyclic amines) is 1. The highest BCUT2D eigenvalue weighted by molar-refractivity contribution is 5.96. The topological polar surface area (TPSA) is 71.5 Å². The van der Waals surface area contributed by atoms with E-state index >= 15 is 0 Å². The van der Waals surface area contributed by atoms with Crippen LogP contribution in [0.1, 0.15) is 30.1 Å². The number of amides is 2. The lowest BCUT2D eigenvalue weighted by atomic mass is 10.0. The second-order valence-electron chi connectivity index (χ2n) is 5.51. The molecule has 1 fully saturated rings. The van der Waals surface area contributed by atoms with E-state index in [1.54, 1.807) is 4.90 Å². The van der Waals surface area contributed by atoms with Gasteiger partial charge in [0, 0.05) is 32.3 Å². The Morgan fingerprint density at radius 1 is 1.38 bits per heavy atom. The van der Waals surface area contributed by atoms with Crippen molar-refractivity contribution >= 4 is 11.8 Å². The maximum Gasteiger partial charge on any atom is 0.422 e. The van der Waals surface area contributed by atoms with Gasteiger partial charge >= 0.3 is 6.18 Å². The smallest absolute Gasteiger partial charge is 0.422 e. The minimum atomic E-state index is -4.51. The standard InChI is InChI=1S/C15H18F3N3O3/c1-10(22)21-7-4-11(5-8-21)20-13(23)12-3-2-6-19-14(12)24-9-15(16,17)18/h2-3,6,11H,4-5,7-9H2,1H3,(H,20,23). The molecule has 1 aliphatic rings. The van der Waals surface area contributed by atoms with E-state index in [4.69, 9.17) is 0 Å². The monoisotopic (exact) mass is 345 g/mol. The molecule has 0 bridgehead atoms. The van der Waals surface area contributed by atoms with Gasteiger partial charge in [-0.15, -0.1) is 0 Å². The van der Waals surface area contributed by atoms with E-state index in [2.05, 4.69) is 15.0 Å². The SMILES string of the molecule is CC(=O)N1CCC(NC(=O)c2cccnc2OCC(F)(F)F)CC1. The molecular formula is C15H18F3N3O3. The summed E-state index contributed by atoms with van der Waals surface area (Å²) in [7, 11) is 0. The van der Waals surface area contributed by atoms with Gasteiger partial charge in [0.2, 0.25) is 11.8 Å². The van der Waals surface area contributed by atoms with Crippen LogP contribution < -0.4 is 10.1 Å². The van der Waals surface area contributed by atoms with Crippen LogP contribution in [0.2, 0.25) is 0 Å². The van der Waals surface area contributed by atoms with E-state index in [0.29, 0.717) is 25.9 Å². The largest absolute Gasteiger partial charge is 0.467 e. The number of halogens is 3. The first-order valence-electron chi connectivity index (χ1n) is 7.47. The van der Waals surface area contributed by atoms with Gasteiger partial charge in [-0.2, -0.15) is 13.2 Å². The quantitative estimate of drug-likeness (QED) is 0.903. The van der Waals surface area contributed by atoms with E-state index in [-0.39, 0.29) is 23.4 Å². The highest BCUT2D eigenvalue weighted by Crippen LogP contribution is 2.20.